The van der Waals surface area contributed by atoms with Crippen LogP contribution in [0.1, 0.15) is 47.0 Å². The standard InChI is InChI=1S/C17H21BrN2/c1-10-7-13(8-11(2)17(10)18)20-12(3)9-14-15(19)5-4-6-16(14)20/h7-9,15H,4-6,19H2,1-3H3. The number of nitrogens with zero attached hydrogens (tertiary/aromatic N) is 1. The minimum atomic E-state index is 0.205. The van der Waals surface area contributed by atoms with Crippen LogP contribution >= 0.6 is 15.9 Å². The van der Waals surface area contributed by atoms with Crippen molar-refractivity contribution < 1.29 is 0 Å². The van der Waals surface area contributed by atoms with Crippen molar-refractivity contribution >= 4 is 15.9 Å². The molecule has 3 rings (SSSR count). The van der Waals surface area contributed by atoms with Gasteiger partial charge in [0, 0.05) is 27.6 Å². The molecule has 2 nitrogen and oxygen atoms in total. The van der Waals surface area contributed by atoms with Crippen LogP contribution in [0.25, 0.3) is 5.69 Å². The number of hydrogen-bond acceptors (Lipinski definition) is 1. The first-order valence-electron chi connectivity index (χ1n) is 7.23. The van der Waals surface area contributed by atoms with Gasteiger partial charge in [-0.2, -0.15) is 0 Å². The third-order valence-corrected chi connectivity index (χ3v) is 5.58. The Kier molecular flexibility index (Phi) is 3.51. The second-order valence-electron chi connectivity index (χ2n) is 5.92. The normalized spacial score (nSPS) is 18.1. The van der Waals surface area contributed by atoms with Gasteiger partial charge in [0.1, 0.15) is 0 Å². The highest BCUT2D eigenvalue weighted by Gasteiger charge is 2.23. The molecule has 106 valence electrons. The Morgan fingerprint density at radius 3 is 2.45 bits per heavy atom. The first kappa shape index (κ1) is 13.9. The number of fused-ring (bicyclic) bond motifs is 1. The SMILES string of the molecule is Cc1cc(-n2c(C)cc3c2CCCC3N)cc(C)c1Br. The van der Waals surface area contributed by atoms with Crippen LogP contribution in [0, 0.1) is 20.8 Å². The number of halogens is 1. The molecular formula is C17H21BrN2. The zero-order valence-electron chi connectivity index (χ0n) is 12.3. The molecule has 1 aromatic carbocycles. The monoisotopic (exact) mass is 332 g/mol. The maximum absolute atomic E-state index is 6.27. The first-order chi connectivity index (χ1) is 9.49. The summed E-state index contributed by atoms with van der Waals surface area (Å²) in [5.74, 6) is 0. The quantitative estimate of drug-likeness (QED) is 0.818. The summed E-state index contributed by atoms with van der Waals surface area (Å²) < 4.78 is 3.59. The summed E-state index contributed by atoms with van der Waals surface area (Å²) in [4.78, 5) is 0. The minimum absolute atomic E-state index is 0.205. The van der Waals surface area contributed by atoms with Gasteiger partial charge in [-0.1, -0.05) is 15.9 Å². The Labute approximate surface area is 129 Å². The van der Waals surface area contributed by atoms with Crippen molar-refractivity contribution in [2.24, 2.45) is 5.73 Å². The molecule has 1 atom stereocenters. The molecule has 0 spiro atoms. The van der Waals surface area contributed by atoms with Gasteiger partial charge in [-0.3, -0.25) is 0 Å². The molecule has 1 aliphatic rings. The Balaban J connectivity index is 2.20. The zero-order valence-corrected chi connectivity index (χ0v) is 13.9. The van der Waals surface area contributed by atoms with E-state index in [1.165, 1.54) is 44.7 Å². The maximum atomic E-state index is 6.27. The van der Waals surface area contributed by atoms with Gasteiger partial charge in [0.15, 0.2) is 0 Å². The molecule has 1 aromatic heterocycles. The summed E-state index contributed by atoms with van der Waals surface area (Å²) in [6.45, 7) is 6.48. The van der Waals surface area contributed by atoms with Crippen LogP contribution in [0.2, 0.25) is 0 Å². The van der Waals surface area contributed by atoms with Gasteiger partial charge in [-0.05, 0) is 74.9 Å². The van der Waals surface area contributed by atoms with E-state index < -0.39 is 0 Å². The van der Waals surface area contributed by atoms with E-state index in [1.807, 2.05) is 0 Å². The van der Waals surface area contributed by atoms with E-state index in [0.717, 1.165) is 12.8 Å². The van der Waals surface area contributed by atoms with Crippen LogP contribution in [0.4, 0.5) is 0 Å². The molecule has 0 aliphatic heterocycles. The topological polar surface area (TPSA) is 30.9 Å². The van der Waals surface area contributed by atoms with Crippen LogP contribution in [-0.4, -0.2) is 4.57 Å². The van der Waals surface area contributed by atoms with Crippen LogP contribution in [0.15, 0.2) is 22.7 Å². The van der Waals surface area contributed by atoms with Crippen molar-refractivity contribution in [1.82, 2.24) is 4.57 Å². The van der Waals surface area contributed by atoms with Crippen LogP contribution in [0.5, 0.6) is 0 Å². The summed E-state index contributed by atoms with van der Waals surface area (Å²) in [6, 6.07) is 6.98. The van der Waals surface area contributed by atoms with E-state index >= 15 is 0 Å². The highest BCUT2D eigenvalue weighted by Crippen LogP contribution is 2.34. The van der Waals surface area contributed by atoms with Crippen molar-refractivity contribution in [3.63, 3.8) is 0 Å². The summed E-state index contributed by atoms with van der Waals surface area (Å²) in [5.41, 5.74) is 14.1. The first-order valence-corrected chi connectivity index (χ1v) is 8.02. The predicted molar refractivity (Wildman–Crippen MR) is 87.5 cm³/mol. The smallest absolute Gasteiger partial charge is 0.0461 e. The largest absolute Gasteiger partial charge is 0.324 e. The molecule has 2 aromatic rings. The molecule has 0 saturated heterocycles. The Morgan fingerprint density at radius 1 is 1.15 bits per heavy atom. The second kappa shape index (κ2) is 5.05. The number of hydrogen-bond donors (Lipinski definition) is 1. The van der Waals surface area contributed by atoms with E-state index in [1.54, 1.807) is 0 Å². The zero-order chi connectivity index (χ0) is 14.4. The van der Waals surface area contributed by atoms with Crippen LogP contribution < -0.4 is 5.73 Å². The van der Waals surface area contributed by atoms with E-state index in [9.17, 15) is 0 Å². The Hall–Kier alpha value is -1.06. The molecule has 2 N–H and O–H groups in total. The summed E-state index contributed by atoms with van der Waals surface area (Å²) in [7, 11) is 0. The fraction of sp³-hybridized carbons (Fsp3) is 0.412. The molecule has 0 saturated carbocycles. The van der Waals surface area contributed by atoms with Gasteiger partial charge < -0.3 is 10.3 Å². The van der Waals surface area contributed by atoms with Crippen LogP contribution in [-0.2, 0) is 6.42 Å². The van der Waals surface area contributed by atoms with E-state index in [0.29, 0.717) is 0 Å². The van der Waals surface area contributed by atoms with Gasteiger partial charge in [0.05, 0.1) is 0 Å². The molecule has 1 aliphatic carbocycles. The number of benzene rings is 1. The second-order valence-corrected chi connectivity index (χ2v) is 6.71. The average Bonchev–Trinajstić information content (AvgIpc) is 2.73. The lowest BCUT2D eigenvalue weighted by Gasteiger charge is -2.22. The fourth-order valence-corrected chi connectivity index (χ4v) is 3.58. The van der Waals surface area contributed by atoms with E-state index in [4.69, 9.17) is 5.73 Å². The average molecular weight is 333 g/mol. The predicted octanol–water partition coefficient (Wildman–Crippen LogP) is 4.50. The Morgan fingerprint density at radius 2 is 1.80 bits per heavy atom. The lowest BCUT2D eigenvalue weighted by molar-refractivity contribution is 0.560. The number of nitrogens with two attached hydrogens (primary N) is 1. The molecule has 0 bridgehead atoms. The van der Waals surface area contributed by atoms with Gasteiger partial charge in [-0.15, -0.1) is 0 Å². The third kappa shape index (κ3) is 2.13. The van der Waals surface area contributed by atoms with Gasteiger partial charge >= 0.3 is 0 Å². The fourth-order valence-electron chi connectivity index (χ4n) is 3.35. The molecule has 3 heteroatoms. The van der Waals surface area contributed by atoms with Crippen molar-refractivity contribution in [1.29, 1.82) is 0 Å². The molecule has 1 heterocycles. The van der Waals surface area contributed by atoms with Crippen molar-refractivity contribution in [2.75, 3.05) is 0 Å². The lowest BCUT2D eigenvalue weighted by Crippen LogP contribution is -2.18. The maximum Gasteiger partial charge on any atom is 0.0461 e. The molecule has 1 unspecified atom stereocenters. The summed E-state index contributed by atoms with van der Waals surface area (Å²) in [6.07, 6.45) is 3.42. The summed E-state index contributed by atoms with van der Waals surface area (Å²) >= 11 is 3.65. The lowest BCUT2D eigenvalue weighted by atomic mass is 9.93. The molecular weight excluding hydrogens is 312 g/mol. The van der Waals surface area contributed by atoms with Gasteiger partial charge in [0.2, 0.25) is 0 Å². The van der Waals surface area contributed by atoms with Crippen LogP contribution in [0.3, 0.4) is 0 Å². The number of aromatic nitrogens is 1. The minimum Gasteiger partial charge on any atom is -0.324 e. The molecule has 0 amide bonds. The Bertz CT molecular complexity index is 647. The number of rotatable bonds is 1. The molecule has 20 heavy (non-hydrogen) atoms. The number of aryl methyl sites for hydroxylation is 3. The molecule has 0 radical (unpaired) electrons. The van der Waals surface area contributed by atoms with Crippen molar-refractivity contribution in [3.05, 3.63) is 50.8 Å². The van der Waals surface area contributed by atoms with E-state index in [2.05, 4.69) is 59.5 Å². The highest BCUT2D eigenvalue weighted by atomic mass is 79.9. The highest BCUT2D eigenvalue weighted by molar-refractivity contribution is 9.10. The van der Waals surface area contributed by atoms with E-state index in [-0.39, 0.29) is 6.04 Å². The van der Waals surface area contributed by atoms with Gasteiger partial charge in [0.25, 0.3) is 0 Å². The van der Waals surface area contributed by atoms with Gasteiger partial charge in [-0.25, -0.2) is 0 Å². The summed E-state index contributed by atoms with van der Waals surface area (Å²) in [5, 5.41) is 0. The van der Waals surface area contributed by atoms with Crippen molar-refractivity contribution in [3.8, 4) is 5.69 Å². The molecule has 0 fully saturated rings. The third-order valence-electron chi connectivity index (χ3n) is 4.33. The van der Waals surface area contributed by atoms with Crippen molar-refractivity contribution in [2.45, 2.75) is 46.1 Å².